The fraction of sp³-hybridized carbons (Fsp3) is 0.474. The predicted octanol–water partition coefficient (Wildman–Crippen LogP) is 1.79. The lowest BCUT2D eigenvalue weighted by Gasteiger charge is -2.14. The largest absolute Gasteiger partial charge is 0.507 e. The van der Waals surface area contributed by atoms with E-state index in [1.165, 1.54) is 7.11 Å². The molecule has 1 aromatic carbocycles. The van der Waals surface area contributed by atoms with Crippen molar-refractivity contribution in [3.8, 4) is 5.75 Å². The Balaban J connectivity index is 1.91. The van der Waals surface area contributed by atoms with Crippen molar-refractivity contribution in [1.82, 2.24) is 5.32 Å². The van der Waals surface area contributed by atoms with Crippen LogP contribution in [0.5, 0.6) is 5.75 Å². The summed E-state index contributed by atoms with van der Waals surface area (Å²) in [4.78, 5) is 23.9. The monoisotopic (exact) mass is 361 g/mol. The smallest absolute Gasteiger partial charge is 0.340 e. The Hall–Kier alpha value is -2.38. The van der Waals surface area contributed by atoms with Gasteiger partial charge in [0.2, 0.25) is 0 Å². The highest BCUT2D eigenvalue weighted by Crippen LogP contribution is 2.29. The third-order valence-corrected chi connectivity index (χ3v) is 4.78. The Bertz CT molecular complexity index is 866. The van der Waals surface area contributed by atoms with Gasteiger partial charge in [0.15, 0.2) is 0 Å². The van der Waals surface area contributed by atoms with Crippen LogP contribution in [0, 0.1) is 6.92 Å². The van der Waals surface area contributed by atoms with E-state index in [0.29, 0.717) is 35.2 Å². The Morgan fingerprint density at radius 1 is 1.38 bits per heavy atom. The van der Waals surface area contributed by atoms with E-state index in [0.717, 1.165) is 19.4 Å². The molecule has 0 bridgehead atoms. The molecule has 2 aromatic rings. The Morgan fingerprint density at radius 2 is 2.19 bits per heavy atom. The number of aryl methyl sites for hydroxylation is 1. The summed E-state index contributed by atoms with van der Waals surface area (Å²) in [5, 5.41) is 14.2. The molecule has 1 saturated heterocycles. The first-order chi connectivity index (χ1) is 12.5. The molecule has 0 aliphatic carbocycles. The molecule has 1 fully saturated rings. The molecule has 0 radical (unpaired) electrons. The second-order valence-electron chi connectivity index (χ2n) is 6.45. The maximum absolute atomic E-state index is 12.4. The lowest BCUT2D eigenvalue weighted by atomic mass is 10.0. The number of carbonyl (C=O) groups is 1. The Labute approximate surface area is 150 Å². The van der Waals surface area contributed by atoms with E-state index < -0.39 is 11.6 Å². The summed E-state index contributed by atoms with van der Waals surface area (Å²) in [5.41, 5.74) is 1.19. The highest BCUT2D eigenvalue weighted by Gasteiger charge is 2.19. The van der Waals surface area contributed by atoms with Crippen LogP contribution in [-0.4, -0.2) is 37.4 Å². The van der Waals surface area contributed by atoms with Crippen LogP contribution in [0.2, 0.25) is 0 Å². The van der Waals surface area contributed by atoms with E-state index in [1.807, 2.05) is 0 Å². The van der Waals surface area contributed by atoms with E-state index in [1.54, 1.807) is 19.1 Å². The lowest BCUT2D eigenvalue weighted by molar-refractivity contribution is -0.139. The summed E-state index contributed by atoms with van der Waals surface area (Å²) in [6.07, 6.45) is 2.10. The average molecular weight is 361 g/mol. The van der Waals surface area contributed by atoms with Gasteiger partial charge in [-0.15, -0.1) is 0 Å². The van der Waals surface area contributed by atoms with Crippen LogP contribution in [0.4, 0.5) is 0 Å². The number of methoxy groups -OCH3 is 1. The molecular formula is C19H23NO6. The van der Waals surface area contributed by atoms with Crippen LogP contribution >= 0.6 is 0 Å². The molecule has 26 heavy (non-hydrogen) atoms. The van der Waals surface area contributed by atoms with Gasteiger partial charge >= 0.3 is 11.6 Å². The fourth-order valence-corrected chi connectivity index (χ4v) is 3.25. The predicted molar refractivity (Wildman–Crippen MR) is 95.3 cm³/mol. The van der Waals surface area contributed by atoms with Crippen molar-refractivity contribution in [2.45, 2.75) is 38.8 Å². The first-order valence-corrected chi connectivity index (χ1v) is 8.67. The third-order valence-electron chi connectivity index (χ3n) is 4.78. The molecule has 2 N–H and O–H groups in total. The van der Waals surface area contributed by atoms with Crippen molar-refractivity contribution in [3.63, 3.8) is 0 Å². The average Bonchev–Trinajstić information content (AvgIpc) is 3.13. The van der Waals surface area contributed by atoms with E-state index in [4.69, 9.17) is 9.15 Å². The second kappa shape index (κ2) is 7.88. The van der Waals surface area contributed by atoms with Crippen molar-refractivity contribution in [1.29, 1.82) is 0 Å². The normalized spacial score (nSPS) is 16.9. The zero-order valence-corrected chi connectivity index (χ0v) is 15.0. The van der Waals surface area contributed by atoms with Crippen LogP contribution in [0.1, 0.15) is 29.5 Å². The lowest BCUT2D eigenvalue weighted by Crippen LogP contribution is -2.26. The first-order valence-electron chi connectivity index (χ1n) is 8.67. The molecule has 7 nitrogen and oxygen atoms in total. The van der Waals surface area contributed by atoms with Gasteiger partial charge in [0, 0.05) is 25.1 Å². The highest BCUT2D eigenvalue weighted by molar-refractivity contribution is 5.86. The van der Waals surface area contributed by atoms with Crippen LogP contribution in [0.25, 0.3) is 11.0 Å². The standard InChI is InChI=1S/C19H23NO6/c1-11-13-5-6-16(21)15(10-20-9-12-4-3-7-25-12)18(13)26-19(23)14(11)8-17(22)24-2/h5-6,12,20-21H,3-4,7-10H2,1-2H3. The van der Waals surface area contributed by atoms with Crippen LogP contribution in [0.15, 0.2) is 21.3 Å². The molecule has 0 amide bonds. The molecule has 1 aliphatic rings. The number of rotatable bonds is 6. The van der Waals surface area contributed by atoms with Crippen molar-refractivity contribution in [3.05, 3.63) is 39.2 Å². The third kappa shape index (κ3) is 3.73. The number of ether oxygens (including phenoxy) is 2. The van der Waals surface area contributed by atoms with Crippen molar-refractivity contribution in [2.75, 3.05) is 20.3 Å². The highest BCUT2D eigenvalue weighted by atomic mass is 16.5. The van der Waals surface area contributed by atoms with Gasteiger partial charge in [-0.1, -0.05) is 0 Å². The van der Waals surface area contributed by atoms with Gasteiger partial charge in [-0.25, -0.2) is 4.79 Å². The molecule has 1 unspecified atom stereocenters. The molecule has 140 valence electrons. The van der Waals surface area contributed by atoms with E-state index in [-0.39, 0.29) is 23.8 Å². The molecule has 0 spiro atoms. The minimum atomic E-state index is -0.591. The summed E-state index contributed by atoms with van der Waals surface area (Å²) < 4.78 is 15.7. The van der Waals surface area contributed by atoms with Crippen LogP contribution in [0.3, 0.4) is 0 Å². The molecule has 1 aromatic heterocycles. The molecule has 1 atom stereocenters. The maximum atomic E-state index is 12.4. The number of benzene rings is 1. The zero-order valence-electron chi connectivity index (χ0n) is 15.0. The minimum absolute atomic E-state index is 0.0561. The minimum Gasteiger partial charge on any atom is -0.507 e. The second-order valence-corrected chi connectivity index (χ2v) is 6.45. The van der Waals surface area contributed by atoms with Crippen molar-refractivity contribution >= 4 is 16.9 Å². The topological polar surface area (TPSA) is 98.0 Å². The van der Waals surface area contributed by atoms with E-state index >= 15 is 0 Å². The quantitative estimate of drug-likeness (QED) is 0.598. The number of esters is 1. The summed E-state index contributed by atoms with van der Waals surface area (Å²) >= 11 is 0. The summed E-state index contributed by atoms with van der Waals surface area (Å²) in [7, 11) is 1.27. The number of nitrogens with one attached hydrogen (secondary N) is 1. The number of hydrogen-bond donors (Lipinski definition) is 2. The first kappa shape index (κ1) is 18.4. The van der Waals surface area contributed by atoms with Gasteiger partial charge in [0.25, 0.3) is 0 Å². The van der Waals surface area contributed by atoms with Crippen molar-refractivity contribution < 1.29 is 23.8 Å². The number of hydrogen-bond acceptors (Lipinski definition) is 7. The summed E-state index contributed by atoms with van der Waals surface area (Å²) in [6, 6.07) is 3.26. The number of carbonyl (C=O) groups excluding carboxylic acids is 1. The van der Waals surface area contributed by atoms with Gasteiger partial charge in [-0.05, 0) is 37.5 Å². The van der Waals surface area contributed by atoms with Crippen molar-refractivity contribution in [2.24, 2.45) is 0 Å². The van der Waals surface area contributed by atoms with Gasteiger partial charge in [0.1, 0.15) is 11.3 Å². The van der Waals surface area contributed by atoms with Gasteiger partial charge in [0.05, 0.1) is 30.8 Å². The Morgan fingerprint density at radius 3 is 2.88 bits per heavy atom. The Kier molecular flexibility index (Phi) is 5.58. The number of aromatic hydroxyl groups is 1. The van der Waals surface area contributed by atoms with E-state index in [2.05, 4.69) is 10.1 Å². The maximum Gasteiger partial charge on any atom is 0.340 e. The fourth-order valence-electron chi connectivity index (χ4n) is 3.25. The molecule has 1 aliphatic heterocycles. The van der Waals surface area contributed by atoms with Gasteiger partial charge < -0.3 is 24.3 Å². The molecule has 2 heterocycles. The molecule has 3 rings (SSSR count). The summed E-state index contributed by atoms with van der Waals surface area (Å²) in [6.45, 7) is 3.56. The van der Waals surface area contributed by atoms with Crippen LogP contribution in [-0.2, 0) is 27.2 Å². The number of phenols is 1. The summed E-state index contributed by atoms with van der Waals surface area (Å²) in [5.74, 6) is -0.447. The van der Waals surface area contributed by atoms with E-state index in [9.17, 15) is 14.7 Å². The number of phenolic OH excluding ortho intramolecular Hbond substituents is 1. The number of fused-ring (bicyclic) bond motifs is 1. The molecule has 0 saturated carbocycles. The SMILES string of the molecule is COC(=O)Cc1c(C)c2ccc(O)c(CNCC3CCCO3)c2oc1=O. The van der Waals surface area contributed by atoms with Gasteiger partial charge in [-0.3, -0.25) is 4.79 Å². The van der Waals surface area contributed by atoms with Crippen LogP contribution < -0.4 is 10.9 Å². The van der Waals surface area contributed by atoms with Gasteiger partial charge in [-0.2, -0.15) is 0 Å². The molecule has 7 heteroatoms. The molecular weight excluding hydrogens is 338 g/mol. The zero-order chi connectivity index (χ0) is 18.7.